The highest BCUT2D eigenvalue weighted by molar-refractivity contribution is 5.11. The van der Waals surface area contributed by atoms with Crippen molar-refractivity contribution in [3.05, 3.63) is 0 Å². The third-order valence-corrected chi connectivity index (χ3v) is 6.71. The summed E-state index contributed by atoms with van der Waals surface area (Å²) in [5.74, 6) is 2.39. The number of nitrogens with one attached hydrogen (secondary N) is 1. The molecule has 4 saturated carbocycles. The van der Waals surface area contributed by atoms with Crippen LogP contribution in [0.15, 0.2) is 0 Å². The van der Waals surface area contributed by atoms with Gasteiger partial charge in [-0.3, -0.25) is 0 Å². The maximum absolute atomic E-state index is 10.9. The van der Waals surface area contributed by atoms with Crippen LogP contribution in [0.3, 0.4) is 0 Å². The van der Waals surface area contributed by atoms with Crippen molar-refractivity contribution < 1.29 is 5.11 Å². The molecule has 0 amide bonds. The van der Waals surface area contributed by atoms with Gasteiger partial charge in [0, 0.05) is 12.1 Å². The topological polar surface area (TPSA) is 32.3 Å². The van der Waals surface area contributed by atoms with E-state index in [2.05, 4.69) is 33.0 Å². The van der Waals surface area contributed by atoms with Crippen molar-refractivity contribution in [2.45, 2.75) is 96.7 Å². The summed E-state index contributed by atoms with van der Waals surface area (Å²) >= 11 is 0. The van der Waals surface area contributed by atoms with Crippen molar-refractivity contribution in [2.24, 2.45) is 23.2 Å². The summed E-state index contributed by atoms with van der Waals surface area (Å²) in [4.78, 5) is 0. The Morgan fingerprint density at radius 1 is 1.00 bits per heavy atom. The molecule has 0 radical (unpaired) electrons. The molecule has 2 nitrogen and oxygen atoms in total. The molecule has 0 heterocycles. The van der Waals surface area contributed by atoms with Gasteiger partial charge in [0.1, 0.15) is 0 Å². The molecule has 0 aliphatic heterocycles. The summed E-state index contributed by atoms with van der Waals surface area (Å²) in [6.07, 6.45) is 9.91. The number of rotatable bonds is 6. The van der Waals surface area contributed by atoms with Crippen molar-refractivity contribution in [1.29, 1.82) is 0 Å². The Morgan fingerprint density at radius 2 is 1.62 bits per heavy atom. The molecule has 0 saturated heterocycles. The molecule has 0 aromatic rings. The smallest absolute Gasteiger partial charge is 0.0659 e. The average Bonchev–Trinajstić information content (AvgIpc) is 2.33. The summed E-state index contributed by atoms with van der Waals surface area (Å²) in [5.41, 5.74) is 0.0616. The van der Waals surface area contributed by atoms with Crippen LogP contribution in [0.2, 0.25) is 0 Å². The van der Waals surface area contributed by atoms with Gasteiger partial charge in [0.2, 0.25) is 0 Å². The lowest BCUT2D eigenvalue weighted by Gasteiger charge is -2.62. The predicted octanol–water partition coefficient (Wildman–Crippen LogP) is 4.12. The molecule has 4 aliphatic rings. The van der Waals surface area contributed by atoms with E-state index in [-0.39, 0.29) is 5.60 Å². The highest BCUT2D eigenvalue weighted by atomic mass is 16.3. The first kappa shape index (κ1) is 15.8. The van der Waals surface area contributed by atoms with E-state index in [0.29, 0.717) is 17.5 Å². The van der Waals surface area contributed by atoms with Gasteiger partial charge in [-0.1, -0.05) is 13.8 Å². The van der Waals surface area contributed by atoms with Crippen LogP contribution in [0, 0.1) is 23.2 Å². The van der Waals surface area contributed by atoms with E-state index in [0.717, 1.165) is 37.0 Å². The van der Waals surface area contributed by atoms with Crippen LogP contribution in [0.4, 0.5) is 0 Å². The van der Waals surface area contributed by atoms with Crippen LogP contribution in [0.5, 0.6) is 0 Å². The molecule has 0 aromatic carbocycles. The number of hydrogen-bond donors (Lipinski definition) is 2. The fourth-order valence-electron chi connectivity index (χ4n) is 6.06. The SMILES string of the molecule is CC(C)CCC(C)NC(C)C12CC3CC(CC(O)(C3)C1)C2. The molecule has 0 spiro atoms. The molecule has 0 aromatic heterocycles. The quantitative estimate of drug-likeness (QED) is 0.772. The van der Waals surface area contributed by atoms with Gasteiger partial charge in [0.05, 0.1) is 5.60 Å². The van der Waals surface area contributed by atoms with Crippen molar-refractivity contribution in [1.82, 2.24) is 5.32 Å². The predicted molar refractivity (Wildman–Crippen MR) is 88.2 cm³/mol. The minimum absolute atomic E-state index is 0.318. The first-order chi connectivity index (χ1) is 9.80. The zero-order valence-electron chi connectivity index (χ0n) is 14.5. The summed E-state index contributed by atoms with van der Waals surface area (Å²) in [7, 11) is 0. The van der Waals surface area contributed by atoms with E-state index in [1.807, 2.05) is 0 Å². The van der Waals surface area contributed by atoms with E-state index in [1.165, 1.54) is 32.1 Å². The molecule has 4 fully saturated rings. The van der Waals surface area contributed by atoms with E-state index >= 15 is 0 Å². The Balaban J connectivity index is 1.63. The standard InChI is InChI=1S/C19H35NO/c1-13(2)5-6-14(3)20-15(4)18-8-16-7-17(9-18)11-19(21,10-16)12-18/h13-17,20-21H,5-12H2,1-4H3. The highest BCUT2D eigenvalue weighted by Crippen LogP contribution is 2.62. The summed E-state index contributed by atoms with van der Waals surface area (Å²) in [5, 5.41) is 14.8. The van der Waals surface area contributed by atoms with Gasteiger partial charge in [-0.2, -0.15) is 0 Å². The Hall–Kier alpha value is -0.0800. The molecular weight excluding hydrogens is 258 g/mol. The molecule has 2 N–H and O–H groups in total. The molecule has 4 unspecified atom stereocenters. The third kappa shape index (κ3) is 3.17. The van der Waals surface area contributed by atoms with Gasteiger partial charge in [-0.15, -0.1) is 0 Å². The van der Waals surface area contributed by atoms with Gasteiger partial charge in [0.25, 0.3) is 0 Å². The second kappa shape index (κ2) is 5.53. The Kier molecular flexibility index (Phi) is 4.16. The highest BCUT2D eigenvalue weighted by Gasteiger charge is 2.58. The van der Waals surface area contributed by atoms with E-state index in [1.54, 1.807) is 0 Å². The van der Waals surface area contributed by atoms with Gasteiger partial charge in [-0.25, -0.2) is 0 Å². The molecule has 4 bridgehead atoms. The third-order valence-electron chi connectivity index (χ3n) is 6.71. The first-order valence-corrected chi connectivity index (χ1v) is 9.29. The second-order valence-electron chi connectivity index (χ2n) is 9.31. The maximum atomic E-state index is 10.9. The number of aliphatic hydroxyl groups is 1. The largest absolute Gasteiger partial charge is 0.390 e. The minimum Gasteiger partial charge on any atom is -0.390 e. The summed E-state index contributed by atoms with van der Waals surface area (Å²) in [6.45, 7) is 9.35. The van der Waals surface area contributed by atoms with Gasteiger partial charge >= 0.3 is 0 Å². The fraction of sp³-hybridized carbons (Fsp3) is 1.00. The lowest BCUT2D eigenvalue weighted by molar-refractivity contribution is -0.172. The van der Waals surface area contributed by atoms with Crippen LogP contribution in [0.1, 0.15) is 79.1 Å². The second-order valence-corrected chi connectivity index (χ2v) is 9.31. The monoisotopic (exact) mass is 293 g/mol. The fourth-order valence-corrected chi connectivity index (χ4v) is 6.06. The Labute approximate surface area is 131 Å². The van der Waals surface area contributed by atoms with Crippen LogP contribution >= 0.6 is 0 Å². The minimum atomic E-state index is -0.318. The summed E-state index contributed by atoms with van der Waals surface area (Å²) < 4.78 is 0. The average molecular weight is 293 g/mol. The molecule has 122 valence electrons. The maximum Gasteiger partial charge on any atom is 0.0659 e. The van der Waals surface area contributed by atoms with Gasteiger partial charge < -0.3 is 10.4 Å². The van der Waals surface area contributed by atoms with Gasteiger partial charge in [0.15, 0.2) is 0 Å². The van der Waals surface area contributed by atoms with Crippen molar-refractivity contribution in [3.8, 4) is 0 Å². The van der Waals surface area contributed by atoms with Crippen molar-refractivity contribution in [3.63, 3.8) is 0 Å². The lowest BCUT2D eigenvalue weighted by Crippen LogP contribution is -2.61. The first-order valence-electron chi connectivity index (χ1n) is 9.29. The van der Waals surface area contributed by atoms with E-state index in [9.17, 15) is 5.11 Å². The lowest BCUT2D eigenvalue weighted by atomic mass is 9.46. The normalized spacial score (nSPS) is 44.3. The van der Waals surface area contributed by atoms with Crippen molar-refractivity contribution >= 4 is 0 Å². The molecule has 4 rings (SSSR count). The van der Waals surface area contributed by atoms with Crippen LogP contribution < -0.4 is 5.32 Å². The summed E-state index contributed by atoms with van der Waals surface area (Å²) in [6, 6.07) is 1.15. The molecule has 21 heavy (non-hydrogen) atoms. The van der Waals surface area contributed by atoms with Gasteiger partial charge in [-0.05, 0) is 88.4 Å². The zero-order valence-corrected chi connectivity index (χ0v) is 14.5. The Morgan fingerprint density at radius 3 is 2.14 bits per heavy atom. The van der Waals surface area contributed by atoms with Crippen LogP contribution in [-0.2, 0) is 0 Å². The molecule has 4 aliphatic carbocycles. The van der Waals surface area contributed by atoms with Crippen LogP contribution in [0.25, 0.3) is 0 Å². The molecule has 2 heteroatoms. The number of hydrogen-bond acceptors (Lipinski definition) is 2. The van der Waals surface area contributed by atoms with Crippen LogP contribution in [-0.4, -0.2) is 22.8 Å². The zero-order chi connectivity index (χ0) is 15.3. The Bertz CT molecular complexity index is 364. The van der Waals surface area contributed by atoms with E-state index in [4.69, 9.17) is 0 Å². The van der Waals surface area contributed by atoms with Crippen molar-refractivity contribution in [2.75, 3.05) is 0 Å². The molecule has 4 atom stereocenters. The van der Waals surface area contributed by atoms with E-state index < -0.39 is 0 Å². The molecular formula is C19H35NO.